The first-order valence-corrected chi connectivity index (χ1v) is 6.53. The lowest BCUT2D eigenvalue weighted by atomic mass is 10.0. The van der Waals surface area contributed by atoms with Gasteiger partial charge in [0.05, 0.1) is 23.5 Å². The van der Waals surface area contributed by atoms with Crippen LogP contribution < -0.4 is 5.32 Å². The van der Waals surface area contributed by atoms with Crippen LogP contribution in [0.3, 0.4) is 0 Å². The molecule has 2 aromatic rings. The standard InChI is InChI=1S/C16H16N2O3/c1-16(20,9-14-3-2-8-21-14)11-18-15(19)13-6-4-12(10-17)5-7-13/h2-8,20H,9,11H2,1H3,(H,18,19)/t16-/m1/s1. The minimum Gasteiger partial charge on any atom is -0.469 e. The van der Waals surface area contributed by atoms with Crippen LogP contribution in [0.2, 0.25) is 0 Å². The van der Waals surface area contributed by atoms with Crippen LogP contribution in [0.1, 0.15) is 28.6 Å². The van der Waals surface area contributed by atoms with Crippen molar-refractivity contribution in [2.45, 2.75) is 18.9 Å². The van der Waals surface area contributed by atoms with E-state index in [0.29, 0.717) is 23.3 Å². The maximum atomic E-state index is 12.0. The summed E-state index contributed by atoms with van der Waals surface area (Å²) in [5.74, 6) is 0.367. The van der Waals surface area contributed by atoms with Crippen molar-refractivity contribution in [2.24, 2.45) is 0 Å². The van der Waals surface area contributed by atoms with Gasteiger partial charge in [-0.05, 0) is 43.3 Å². The highest BCUT2D eigenvalue weighted by Crippen LogP contribution is 2.13. The Hall–Kier alpha value is -2.58. The van der Waals surface area contributed by atoms with E-state index < -0.39 is 5.60 Å². The molecule has 1 amide bonds. The van der Waals surface area contributed by atoms with E-state index in [0.717, 1.165) is 0 Å². The number of rotatable bonds is 5. The molecule has 0 spiro atoms. The third kappa shape index (κ3) is 4.20. The Bertz CT molecular complexity index is 637. The van der Waals surface area contributed by atoms with Gasteiger partial charge in [-0.2, -0.15) is 5.26 Å². The summed E-state index contributed by atoms with van der Waals surface area (Å²) in [4.78, 5) is 12.0. The monoisotopic (exact) mass is 284 g/mol. The molecule has 1 atom stereocenters. The quantitative estimate of drug-likeness (QED) is 0.877. The van der Waals surface area contributed by atoms with E-state index in [9.17, 15) is 9.90 Å². The Morgan fingerprint density at radius 3 is 2.67 bits per heavy atom. The van der Waals surface area contributed by atoms with Gasteiger partial charge < -0.3 is 14.8 Å². The average Bonchev–Trinajstić information content (AvgIpc) is 2.97. The number of amides is 1. The first-order chi connectivity index (χ1) is 10.00. The van der Waals surface area contributed by atoms with E-state index in [-0.39, 0.29) is 12.5 Å². The van der Waals surface area contributed by atoms with E-state index >= 15 is 0 Å². The summed E-state index contributed by atoms with van der Waals surface area (Å²) in [7, 11) is 0. The van der Waals surface area contributed by atoms with Crippen LogP contribution in [0.5, 0.6) is 0 Å². The van der Waals surface area contributed by atoms with Gasteiger partial charge in [0.2, 0.25) is 0 Å². The van der Waals surface area contributed by atoms with Crippen molar-refractivity contribution < 1.29 is 14.3 Å². The molecular weight excluding hydrogens is 268 g/mol. The molecule has 1 heterocycles. The summed E-state index contributed by atoms with van der Waals surface area (Å²) in [5.41, 5.74) is -0.153. The fraction of sp³-hybridized carbons (Fsp3) is 0.250. The Balaban J connectivity index is 1.92. The van der Waals surface area contributed by atoms with Crippen LogP contribution in [-0.2, 0) is 6.42 Å². The van der Waals surface area contributed by atoms with E-state index in [1.54, 1.807) is 49.6 Å². The van der Waals surface area contributed by atoms with Crippen LogP contribution in [0.15, 0.2) is 47.1 Å². The Morgan fingerprint density at radius 2 is 2.10 bits per heavy atom. The van der Waals surface area contributed by atoms with Crippen molar-refractivity contribution in [3.8, 4) is 6.07 Å². The zero-order chi connectivity index (χ0) is 15.3. The molecule has 2 rings (SSSR count). The second kappa shape index (κ2) is 6.25. The summed E-state index contributed by atoms with van der Waals surface area (Å²) in [6.07, 6.45) is 1.86. The van der Waals surface area contributed by atoms with Gasteiger partial charge in [-0.1, -0.05) is 0 Å². The van der Waals surface area contributed by atoms with Gasteiger partial charge >= 0.3 is 0 Å². The predicted octanol–water partition coefficient (Wildman–Crippen LogP) is 1.87. The third-order valence-corrected chi connectivity index (χ3v) is 3.04. The van der Waals surface area contributed by atoms with Crippen LogP contribution in [0.4, 0.5) is 0 Å². The number of benzene rings is 1. The van der Waals surface area contributed by atoms with Gasteiger partial charge in [-0.3, -0.25) is 4.79 Å². The summed E-state index contributed by atoms with van der Waals surface area (Å²) in [5, 5.41) is 21.6. The summed E-state index contributed by atoms with van der Waals surface area (Å²) >= 11 is 0. The minimum absolute atomic E-state index is 0.104. The molecule has 108 valence electrons. The second-order valence-corrected chi connectivity index (χ2v) is 5.12. The third-order valence-electron chi connectivity index (χ3n) is 3.04. The molecule has 5 nitrogen and oxygen atoms in total. The molecular formula is C16H16N2O3. The van der Waals surface area contributed by atoms with E-state index in [2.05, 4.69) is 5.32 Å². The van der Waals surface area contributed by atoms with Crippen molar-refractivity contribution in [3.63, 3.8) is 0 Å². The van der Waals surface area contributed by atoms with Gasteiger partial charge in [-0.15, -0.1) is 0 Å². The Labute approximate surface area is 122 Å². The summed E-state index contributed by atoms with van der Waals surface area (Å²) in [6.45, 7) is 1.74. The van der Waals surface area contributed by atoms with Gasteiger partial charge in [0.1, 0.15) is 5.76 Å². The molecule has 0 aliphatic heterocycles. The number of nitrogens with one attached hydrogen (secondary N) is 1. The van der Waals surface area contributed by atoms with Gasteiger partial charge in [-0.25, -0.2) is 0 Å². The number of hydrogen-bond acceptors (Lipinski definition) is 4. The lowest BCUT2D eigenvalue weighted by Crippen LogP contribution is -2.42. The number of hydrogen-bond donors (Lipinski definition) is 2. The molecule has 0 aliphatic rings. The van der Waals surface area contributed by atoms with E-state index in [1.807, 2.05) is 6.07 Å². The molecule has 0 fully saturated rings. The molecule has 21 heavy (non-hydrogen) atoms. The molecule has 5 heteroatoms. The highest BCUT2D eigenvalue weighted by molar-refractivity contribution is 5.94. The number of carbonyl (C=O) groups excluding carboxylic acids is 1. The van der Waals surface area contributed by atoms with Crippen molar-refractivity contribution in [1.29, 1.82) is 5.26 Å². The molecule has 1 aromatic carbocycles. The molecule has 2 N–H and O–H groups in total. The fourth-order valence-electron chi connectivity index (χ4n) is 1.92. The van der Waals surface area contributed by atoms with Crippen LogP contribution in [0.25, 0.3) is 0 Å². The SMILES string of the molecule is C[C@](O)(CNC(=O)c1ccc(C#N)cc1)Cc1ccco1. The largest absolute Gasteiger partial charge is 0.469 e. The molecule has 0 unspecified atom stereocenters. The molecule has 0 saturated carbocycles. The van der Waals surface area contributed by atoms with Crippen molar-refractivity contribution >= 4 is 5.91 Å². The number of aliphatic hydroxyl groups is 1. The van der Waals surface area contributed by atoms with Gasteiger partial charge in [0.25, 0.3) is 5.91 Å². The minimum atomic E-state index is -1.10. The van der Waals surface area contributed by atoms with E-state index in [1.165, 1.54) is 0 Å². The maximum absolute atomic E-state index is 12.0. The Kier molecular flexibility index (Phi) is 4.41. The number of nitriles is 1. The first-order valence-electron chi connectivity index (χ1n) is 6.53. The molecule has 1 aromatic heterocycles. The molecule has 0 radical (unpaired) electrons. The van der Waals surface area contributed by atoms with Crippen molar-refractivity contribution in [2.75, 3.05) is 6.54 Å². The number of furan rings is 1. The Morgan fingerprint density at radius 1 is 1.38 bits per heavy atom. The number of nitrogens with zero attached hydrogens (tertiary/aromatic N) is 1. The summed E-state index contributed by atoms with van der Waals surface area (Å²) < 4.78 is 5.18. The molecule has 0 aliphatic carbocycles. The zero-order valence-electron chi connectivity index (χ0n) is 11.7. The summed E-state index contributed by atoms with van der Waals surface area (Å²) in [6, 6.07) is 11.8. The predicted molar refractivity (Wildman–Crippen MR) is 76.5 cm³/mol. The van der Waals surface area contributed by atoms with Crippen LogP contribution in [-0.4, -0.2) is 23.2 Å². The van der Waals surface area contributed by atoms with E-state index in [4.69, 9.17) is 9.68 Å². The van der Waals surface area contributed by atoms with Crippen LogP contribution in [0, 0.1) is 11.3 Å². The molecule has 0 saturated heterocycles. The number of carbonyl (C=O) groups is 1. The highest BCUT2D eigenvalue weighted by Gasteiger charge is 2.23. The average molecular weight is 284 g/mol. The van der Waals surface area contributed by atoms with Gasteiger partial charge in [0, 0.05) is 18.5 Å². The topological polar surface area (TPSA) is 86.3 Å². The zero-order valence-corrected chi connectivity index (χ0v) is 11.7. The highest BCUT2D eigenvalue weighted by atomic mass is 16.3. The maximum Gasteiger partial charge on any atom is 0.251 e. The normalized spacial score (nSPS) is 13.2. The van der Waals surface area contributed by atoms with Crippen molar-refractivity contribution in [3.05, 3.63) is 59.5 Å². The van der Waals surface area contributed by atoms with Crippen LogP contribution >= 0.6 is 0 Å². The van der Waals surface area contributed by atoms with Crippen molar-refractivity contribution in [1.82, 2.24) is 5.32 Å². The second-order valence-electron chi connectivity index (χ2n) is 5.12. The van der Waals surface area contributed by atoms with Gasteiger partial charge in [0.15, 0.2) is 0 Å². The molecule has 0 bridgehead atoms. The lowest BCUT2D eigenvalue weighted by Gasteiger charge is -2.22. The smallest absolute Gasteiger partial charge is 0.251 e. The fourth-order valence-corrected chi connectivity index (χ4v) is 1.92. The lowest BCUT2D eigenvalue weighted by molar-refractivity contribution is 0.0510. The first kappa shape index (κ1) is 14.8.